The summed E-state index contributed by atoms with van der Waals surface area (Å²) in [4.78, 5) is 17.7. The first kappa shape index (κ1) is 13.4. The van der Waals surface area contributed by atoms with Crippen LogP contribution in [0.2, 0.25) is 5.02 Å². The molecule has 1 aliphatic heterocycles. The zero-order chi connectivity index (χ0) is 14.1. The Bertz CT molecular complexity index is 650. The number of carbonyl (C=O) groups is 1. The number of morpholine rings is 1. The molecule has 1 saturated heterocycles. The van der Waals surface area contributed by atoms with E-state index < -0.39 is 5.97 Å². The van der Waals surface area contributed by atoms with E-state index in [1.54, 1.807) is 22.7 Å². The van der Waals surface area contributed by atoms with Gasteiger partial charge in [-0.25, -0.2) is 9.78 Å². The van der Waals surface area contributed by atoms with Crippen molar-refractivity contribution in [1.29, 1.82) is 0 Å². The van der Waals surface area contributed by atoms with Crippen LogP contribution < -0.4 is 0 Å². The Morgan fingerprint density at radius 2 is 2.20 bits per heavy atom. The Kier molecular flexibility index (Phi) is 3.60. The van der Waals surface area contributed by atoms with E-state index in [-0.39, 0.29) is 5.69 Å². The maximum absolute atomic E-state index is 11.3. The van der Waals surface area contributed by atoms with Gasteiger partial charge < -0.3 is 14.2 Å². The van der Waals surface area contributed by atoms with Crippen LogP contribution in [0.25, 0.3) is 5.52 Å². The van der Waals surface area contributed by atoms with Crippen LogP contribution in [0.3, 0.4) is 0 Å². The minimum Gasteiger partial charge on any atom is -0.476 e. The van der Waals surface area contributed by atoms with Gasteiger partial charge in [0.05, 0.1) is 25.3 Å². The summed E-state index contributed by atoms with van der Waals surface area (Å²) in [6.45, 7) is 3.64. The van der Waals surface area contributed by atoms with Crippen LogP contribution in [0.4, 0.5) is 0 Å². The third-order valence-electron chi connectivity index (χ3n) is 3.35. The molecule has 1 aliphatic rings. The van der Waals surface area contributed by atoms with Gasteiger partial charge in [0.2, 0.25) is 0 Å². The molecule has 2 aromatic heterocycles. The molecule has 20 heavy (non-hydrogen) atoms. The first-order valence-electron chi connectivity index (χ1n) is 6.35. The van der Waals surface area contributed by atoms with Crippen LogP contribution in [0.1, 0.15) is 16.3 Å². The van der Waals surface area contributed by atoms with Gasteiger partial charge in [0, 0.05) is 24.3 Å². The van der Waals surface area contributed by atoms with Crippen molar-refractivity contribution < 1.29 is 14.6 Å². The molecule has 0 atom stereocenters. The molecular weight excluding hydrogens is 282 g/mol. The fourth-order valence-corrected chi connectivity index (χ4v) is 2.51. The van der Waals surface area contributed by atoms with Gasteiger partial charge in [0.15, 0.2) is 5.69 Å². The van der Waals surface area contributed by atoms with Gasteiger partial charge in [-0.3, -0.25) is 4.90 Å². The molecule has 2 aromatic rings. The Morgan fingerprint density at radius 3 is 2.90 bits per heavy atom. The van der Waals surface area contributed by atoms with Crippen LogP contribution in [0.15, 0.2) is 18.3 Å². The molecule has 0 saturated carbocycles. The van der Waals surface area contributed by atoms with Crippen molar-refractivity contribution in [2.24, 2.45) is 0 Å². The minimum atomic E-state index is -1.04. The molecule has 7 heteroatoms. The van der Waals surface area contributed by atoms with Gasteiger partial charge in [0.25, 0.3) is 0 Å². The average Bonchev–Trinajstić information content (AvgIpc) is 2.78. The number of nitrogens with zero attached hydrogens (tertiary/aromatic N) is 3. The highest BCUT2D eigenvalue weighted by molar-refractivity contribution is 6.31. The Labute approximate surface area is 120 Å². The highest BCUT2D eigenvalue weighted by atomic mass is 35.5. The molecule has 0 unspecified atom stereocenters. The third-order valence-corrected chi connectivity index (χ3v) is 3.58. The van der Waals surface area contributed by atoms with Gasteiger partial charge in [0.1, 0.15) is 5.82 Å². The monoisotopic (exact) mass is 295 g/mol. The molecular formula is C13H14ClN3O3. The molecule has 3 rings (SSSR count). The summed E-state index contributed by atoms with van der Waals surface area (Å²) in [5.74, 6) is -0.339. The fourth-order valence-electron chi connectivity index (χ4n) is 2.35. The zero-order valence-corrected chi connectivity index (χ0v) is 11.5. The smallest absolute Gasteiger partial charge is 0.356 e. The summed E-state index contributed by atoms with van der Waals surface area (Å²) < 4.78 is 7.09. The van der Waals surface area contributed by atoms with Crippen molar-refractivity contribution >= 4 is 23.1 Å². The van der Waals surface area contributed by atoms with Crippen molar-refractivity contribution in [3.8, 4) is 0 Å². The van der Waals surface area contributed by atoms with E-state index in [4.69, 9.17) is 16.3 Å². The molecule has 0 radical (unpaired) electrons. The molecule has 0 aromatic carbocycles. The molecule has 106 valence electrons. The topological polar surface area (TPSA) is 67.1 Å². The van der Waals surface area contributed by atoms with Gasteiger partial charge >= 0.3 is 5.97 Å². The van der Waals surface area contributed by atoms with E-state index in [2.05, 4.69) is 9.88 Å². The quantitative estimate of drug-likeness (QED) is 0.930. The molecule has 3 heterocycles. The number of imidazole rings is 1. The summed E-state index contributed by atoms with van der Waals surface area (Å²) >= 11 is 5.94. The number of carboxylic acids is 1. The van der Waals surface area contributed by atoms with Gasteiger partial charge in [-0.15, -0.1) is 0 Å². The summed E-state index contributed by atoms with van der Waals surface area (Å²) in [5.41, 5.74) is 0.559. The van der Waals surface area contributed by atoms with Crippen molar-refractivity contribution in [2.45, 2.75) is 6.54 Å². The summed E-state index contributed by atoms with van der Waals surface area (Å²) in [5, 5.41) is 9.74. The number of aromatic nitrogens is 2. The Morgan fingerprint density at radius 1 is 1.45 bits per heavy atom. The van der Waals surface area contributed by atoms with E-state index >= 15 is 0 Å². The number of ether oxygens (including phenoxy) is 1. The third kappa shape index (κ3) is 2.49. The van der Waals surface area contributed by atoms with E-state index in [9.17, 15) is 9.90 Å². The lowest BCUT2D eigenvalue weighted by Gasteiger charge is -2.25. The minimum absolute atomic E-state index is 0.0377. The molecule has 1 N–H and O–H groups in total. The number of rotatable bonds is 3. The molecule has 1 fully saturated rings. The zero-order valence-electron chi connectivity index (χ0n) is 10.8. The normalized spacial score (nSPS) is 16.6. The lowest BCUT2D eigenvalue weighted by molar-refractivity contribution is 0.0329. The van der Waals surface area contributed by atoms with Crippen LogP contribution in [-0.2, 0) is 11.3 Å². The number of fused-ring (bicyclic) bond motifs is 1. The highest BCUT2D eigenvalue weighted by Gasteiger charge is 2.19. The number of hydrogen-bond acceptors (Lipinski definition) is 4. The maximum atomic E-state index is 11.3. The first-order valence-corrected chi connectivity index (χ1v) is 6.73. The fraction of sp³-hybridized carbons (Fsp3) is 0.385. The summed E-state index contributed by atoms with van der Waals surface area (Å²) in [6, 6.07) is 3.35. The van der Waals surface area contributed by atoms with Crippen molar-refractivity contribution in [3.63, 3.8) is 0 Å². The second kappa shape index (κ2) is 5.40. The largest absolute Gasteiger partial charge is 0.476 e. The molecule has 0 aliphatic carbocycles. The van der Waals surface area contributed by atoms with Crippen molar-refractivity contribution in [3.05, 3.63) is 34.9 Å². The average molecular weight is 296 g/mol. The number of aromatic carboxylic acids is 1. The van der Waals surface area contributed by atoms with E-state index in [1.165, 1.54) is 0 Å². The van der Waals surface area contributed by atoms with Crippen LogP contribution >= 0.6 is 11.6 Å². The number of carboxylic acid groups (broad SMARTS) is 1. The number of halogens is 1. The Hall–Kier alpha value is -1.63. The summed E-state index contributed by atoms with van der Waals surface area (Å²) in [7, 11) is 0. The summed E-state index contributed by atoms with van der Waals surface area (Å²) in [6.07, 6.45) is 1.76. The van der Waals surface area contributed by atoms with Crippen LogP contribution in [0.5, 0.6) is 0 Å². The number of pyridine rings is 1. The molecule has 0 spiro atoms. The second-order valence-electron chi connectivity index (χ2n) is 4.67. The van der Waals surface area contributed by atoms with Gasteiger partial charge in [-0.1, -0.05) is 11.6 Å². The molecule has 0 bridgehead atoms. The number of hydrogen-bond donors (Lipinski definition) is 1. The predicted octanol–water partition coefficient (Wildman–Crippen LogP) is 1.52. The first-order chi connectivity index (χ1) is 9.65. The van der Waals surface area contributed by atoms with Crippen molar-refractivity contribution in [1.82, 2.24) is 14.3 Å². The molecule has 0 amide bonds. The lowest BCUT2D eigenvalue weighted by atomic mass is 10.3. The Balaban J connectivity index is 1.99. The molecule has 6 nitrogen and oxygen atoms in total. The van der Waals surface area contributed by atoms with Crippen LogP contribution in [-0.4, -0.2) is 51.7 Å². The maximum Gasteiger partial charge on any atom is 0.356 e. The lowest BCUT2D eigenvalue weighted by Crippen LogP contribution is -2.36. The van der Waals surface area contributed by atoms with Crippen molar-refractivity contribution in [2.75, 3.05) is 26.3 Å². The predicted molar refractivity (Wildman–Crippen MR) is 73.3 cm³/mol. The highest BCUT2D eigenvalue weighted by Crippen LogP contribution is 2.19. The van der Waals surface area contributed by atoms with E-state index in [1.807, 2.05) is 0 Å². The van der Waals surface area contributed by atoms with E-state index in [0.29, 0.717) is 36.1 Å². The van der Waals surface area contributed by atoms with Gasteiger partial charge in [-0.2, -0.15) is 0 Å². The SMILES string of the molecule is O=C(O)c1nc(CN2CCOCC2)n2ccc(Cl)cc12. The standard InChI is InChI=1S/C13H14ClN3O3/c14-9-1-2-17-10(7-9)12(13(18)19)15-11(17)8-16-3-5-20-6-4-16/h1-2,7H,3-6,8H2,(H,18,19). The van der Waals surface area contributed by atoms with Crippen LogP contribution in [0, 0.1) is 0 Å². The second-order valence-corrected chi connectivity index (χ2v) is 5.11. The van der Waals surface area contributed by atoms with Gasteiger partial charge in [-0.05, 0) is 12.1 Å². The van der Waals surface area contributed by atoms with E-state index in [0.717, 1.165) is 13.1 Å².